The lowest BCUT2D eigenvalue weighted by atomic mass is 9.79. The minimum atomic E-state index is -0.870. The van der Waals surface area contributed by atoms with E-state index in [4.69, 9.17) is 0 Å². The second-order valence-electron chi connectivity index (χ2n) is 6.33. The zero-order valence-corrected chi connectivity index (χ0v) is 13.5. The van der Waals surface area contributed by atoms with Crippen LogP contribution in [-0.2, 0) is 18.4 Å². The van der Waals surface area contributed by atoms with Crippen molar-refractivity contribution in [1.29, 1.82) is 0 Å². The Kier molecular flexibility index (Phi) is 4.32. The van der Waals surface area contributed by atoms with E-state index >= 15 is 0 Å². The summed E-state index contributed by atoms with van der Waals surface area (Å²) in [7, 11) is 1.96. The van der Waals surface area contributed by atoms with Crippen molar-refractivity contribution < 1.29 is 5.11 Å². The molecule has 2 nitrogen and oxygen atoms in total. The van der Waals surface area contributed by atoms with Gasteiger partial charge in [0.05, 0.1) is 0 Å². The predicted octanol–water partition coefficient (Wildman–Crippen LogP) is 3.33. The summed E-state index contributed by atoms with van der Waals surface area (Å²) < 4.78 is 0. The van der Waals surface area contributed by atoms with Gasteiger partial charge in [0.15, 0.2) is 0 Å². The average Bonchev–Trinajstić information content (AvgIpc) is 2.65. The highest BCUT2D eigenvalue weighted by molar-refractivity contribution is 5.49. The Morgan fingerprint density at radius 1 is 1.05 bits per heavy atom. The lowest BCUT2D eigenvalue weighted by Crippen LogP contribution is -2.30. The van der Waals surface area contributed by atoms with Crippen LogP contribution in [0, 0.1) is 6.92 Å². The lowest BCUT2D eigenvalue weighted by molar-refractivity contribution is 0.0682. The van der Waals surface area contributed by atoms with Gasteiger partial charge in [-0.05, 0) is 74.0 Å². The van der Waals surface area contributed by atoms with Crippen molar-refractivity contribution in [3.63, 3.8) is 0 Å². The molecule has 2 aromatic carbocycles. The first kappa shape index (κ1) is 15.3. The van der Waals surface area contributed by atoms with Gasteiger partial charge in [0, 0.05) is 0 Å². The smallest absolute Gasteiger partial charge is 0.115 e. The number of hydrogen-bond acceptors (Lipinski definition) is 2. The van der Waals surface area contributed by atoms with Crippen LogP contribution in [0.15, 0.2) is 42.5 Å². The molecule has 0 bridgehead atoms. The average molecular weight is 295 g/mol. The van der Waals surface area contributed by atoms with Crippen molar-refractivity contribution in [3.8, 4) is 0 Å². The quantitative estimate of drug-likeness (QED) is 0.848. The zero-order valence-electron chi connectivity index (χ0n) is 13.5. The second kappa shape index (κ2) is 6.23. The maximum atomic E-state index is 11.7. The molecule has 1 aliphatic carbocycles. The van der Waals surface area contributed by atoms with E-state index in [2.05, 4.69) is 48.6 Å². The van der Waals surface area contributed by atoms with Gasteiger partial charge < -0.3 is 10.4 Å². The van der Waals surface area contributed by atoms with E-state index in [0.717, 1.165) is 43.4 Å². The van der Waals surface area contributed by atoms with E-state index < -0.39 is 5.60 Å². The molecular weight excluding hydrogens is 270 g/mol. The Morgan fingerprint density at radius 3 is 2.64 bits per heavy atom. The predicted molar refractivity (Wildman–Crippen MR) is 91.2 cm³/mol. The van der Waals surface area contributed by atoms with Crippen LogP contribution in [0.2, 0.25) is 0 Å². The van der Waals surface area contributed by atoms with Crippen LogP contribution < -0.4 is 5.32 Å². The molecule has 0 amide bonds. The largest absolute Gasteiger partial charge is 0.380 e. The molecule has 2 heteroatoms. The number of benzene rings is 2. The Hall–Kier alpha value is -1.64. The summed E-state index contributed by atoms with van der Waals surface area (Å²) in [6, 6.07) is 14.7. The van der Waals surface area contributed by atoms with Crippen molar-refractivity contribution in [2.24, 2.45) is 0 Å². The van der Waals surface area contributed by atoms with Crippen LogP contribution in [-0.4, -0.2) is 18.7 Å². The molecule has 0 radical (unpaired) electrons. The van der Waals surface area contributed by atoms with Crippen molar-refractivity contribution in [1.82, 2.24) is 5.32 Å². The van der Waals surface area contributed by atoms with Gasteiger partial charge in [0.2, 0.25) is 0 Å². The van der Waals surface area contributed by atoms with Crippen LogP contribution in [0.1, 0.15) is 40.7 Å². The molecule has 0 aromatic heterocycles. The monoisotopic (exact) mass is 295 g/mol. The van der Waals surface area contributed by atoms with E-state index in [-0.39, 0.29) is 0 Å². The Morgan fingerprint density at radius 2 is 1.82 bits per heavy atom. The molecule has 0 saturated carbocycles. The summed E-state index contributed by atoms with van der Waals surface area (Å²) in [4.78, 5) is 0. The van der Waals surface area contributed by atoms with Crippen molar-refractivity contribution in [2.75, 3.05) is 13.6 Å². The third-order valence-electron chi connectivity index (χ3n) is 4.93. The Labute approximate surface area is 133 Å². The molecule has 0 aliphatic heterocycles. The second-order valence-corrected chi connectivity index (χ2v) is 6.33. The summed E-state index contributed by atoms with van der Waals surface area (Å²) >= 11 is 0. The van der Waals surface area contributed by atoms with E-state index in [9.17, 15) is 5.11 Å². The molecule has 2 aromatic rings. The lowest BCUT2D eigenvalue weighted by Gasteiger charge is -2.31. The fourth-order valence-electron chi connectivity index (χ4n) is 3.76. The first-order chi connectivity index (χ1) is 10.7. The molecule has 0 heterocycles. The fourth-order valence-corrected chi connectivity index (χ4v) is 3.76. The molecule has 3 rings (SSSR count). The van der Waals surface area contributed by atoms with Crippen molar-refractivity contribution in [2.45, 2.75) is 38.2 Å². The van der Waals surface area contributed by atoms with E-state index in [1.165, 1.54) is 16.7 Å². The molecule has 116 valence electrons. The maximum absolute atomic E-state index is 11.7. The van der Waals surface area contributed by atoms with Crippen LogP contribution in [0.25, 0.3) is 0 Å². The summed E-state index contributed by atoms with van der Waals surface area (Å²) in [5, 5.41) is 14.9. The minimum Gasteiger partial charge on any atom is -0.380 e. The summed E-state index contributed by atoms with van der Waals surface area (Å²) in [6.07, 6.45) is 3.71. The molecule has 22 heavy (non-hydrogen) atoms. The van der Waals surface area contributed by atoms with Gasteiger partial charge in [-0.25, -0.2) is 0 Å². The van der Waals surface area contributed by atoms with Gasteiger partial charge in [-0.2, -0.15) is 0 Å². The number of aryl methyl sites for hydroxylation is 2. The Balaban J connectivity index is 2.14. The fraction of sp³-hybridized carbons (Fsp3) is 0.400. The third kappa shape index (κ3) is 2.57. The Bertz CT molecular complexity index is 665. The molecule has 0 saturated heterocycles. The molecule has 1 unspecified atom stereocenters. The topological polar surface area (TPSA) is 32.3 Å². The highest BCUT2D eigenvalue weighted by Gasteiger charge is 2.36. The molecule has 0 spiro atoms. The van der Waals surface area contributed by atoms with Crippen molar-refractivity contribution in [3.05, 3.63) is 70.3 Å². The van der Waals surface area contributed by atoms with E-state index in [1.807, 2.05) is 13.1 Å². The number of fused-ring (bicyclic) bond motifs is 2. The van der Waals surface area contributed by atoms with E-state index in [0.29, 0.717) is 0 Å². The normalized spacial score (nSPS) is 20.1. The standard InChI is InChI=1S/C20H25NO/c1-15-7-5-10-19-17(15)12-11-16-8-3-4-9-18(16)20(19,22)13-6-14-21-2/h3-5,7-10,21-22H,6,11-14H2,1-2H3. The third-order valence-corrected chi connectivity index (χ3v) is 4.93. The molecular formula is C20H25NO. The summed E-state index contributed by atoms with van der Waals surface area (Å²) in [5.41, 5.74) is 5.22. The molecule has 2 N–H and O–H groups in total. The van der Waals surface area contributed by atoms with Crippen LogP contribution >= 0.6 is 0 Å². The summed E-state index contributed by atoms with van der Waals surface area (Å²) in [6.45, 7) is 3.08. The molecule has 1 aliphatic rings. The highest BCUT2D eigenvalue weighted by atomic mass is 16.3. The highest BCUT2D eigenvalue weighted by Crippen LogP contribution is 2.41. The molecule has 0 fully saturated rings. The van der Waals surface area contributed by atoms with Gasteiger partial charge in [0.25, 0.3) is 0 Å². The van der Waals surface area contributed by atoms with E-state index in [1.54, 1.807) is 0 Å². The first-order valence-corrected chi connectivity index (χ1v) is 8.21. The number of hydrogen-bond donors (Lipinski definition) is 2. The van der Waals surface area contributed by atoms with Crippen LogP contribution in [0.4, 0.5) is 0 Å². The van der Waals surface area contributed by atoms with Crippen LogP contribution in [0.3, 0.4) is 0 Å². The summed E-state index contributed by atoms with van der Waals surface area (Å²) in [5.74, 6) is 0. The first-order valence-electron chi connectivity index (χ1n) is 8.21. The van der Waals surface area contributed by atoms with Gasteiger partial charge in [0.1, 0.15) is 5.60 Å². The van der Waals surface area contributed by atoms with Gasteiger partial charge >= 0.3 is 0 Å². The minimum absolute atomic E-state index is 0.751. The molecule has 1 atom stereocenters. The van der Waals surface area contributed by atoms with Gasteiger partial charge in [-0.3, -0.25) is 0 Å². The SMILES string of the molecule is CNCCCC1(O)c2ccccc2CCc2c(C)cccc21. The number of nitrogens with one attached hydrogen (secondary N) is 1. The number of rotatable bonds is 4. The maximum Gasteiger partial charge on any atom is 0.115 e. The van der Waals surface area contributed by atoms with Gasteiger partial charge in [-0.1, -0.05) is 42.5 Å². The van der Waals surface area contributed by atoms with Crippen molar-refractivity contribution >= 4 is 0 Å². The van der Waals surface area contributed by atoms with Crippen LogP contribution in [0.5, 0.6) is 0 Å². The van der Waals surface area contributed by atoms with Gasteiger partial charge in [-0.15, -0.1) is 0 Å². The number of aliphatic hydroxyl groups is 1. The zero-order chi connectivity index (χ0) is 15.6.